The van der Waals surface area contributed by atoms with Gasteiger partial charge in [-0.25, -0.2) is 8.42 Å². The Kier molecular flexibility index (Phi) is 3.38. The topological polar surface area (TPSA) is 95.5 Å². The lowest BCUT2D eigenvalue weighted by Crippen LogP contribution is -2.11. The summed E-state index contributed by atoms with van der Waals surface area (Å²) in [4.78, 5) is 10.8. The Morgan fingerprint density at radius 3 is 2.38 bits per heavy atom. The average Bonchev–Trinajstić information content (AvgIpc) is 2.09. The monoisotopic (exact) mass is 244 g/mol. The molecule has 0 bridgehead atoms. The lowest BCUT2D eigenvalue weighted by Gasteiger charge is -2.10. The number of phenols is 1. The van der Waals surface area contributed by atoms with E-state index in [9.17, 15) is 18.3 Å². The molecule has 7 heteroatoms. The molecule has 0 aliphatic rings. The van der Waals surface area contributed by atoms with Crippen LogP contribution in [0.5, 0.6) is 5.75 Å². The van der Waals surface area contributed by atoms with Gasteiger partial charge in [0.15, 0.2) is 5.75 Å². The van der Waals surface area contributed by atoms with Crippen LogP contribution in [-0.4, -0.2) is 25.7 Å². The zero-order valence-electron chi connectivity index (χ0n) is 8.81. The normalized spacial score (nSPS) is 10.9. The van der Waals surface area contributed by atoms with Crippen molar-refractivity contribution in [3.8, 4) is 5.75 Å². The van der Waals surface area contributed by atoms with Gasteiger partial charge in [0, 0.05) is 6.92 Å². The van der Waals surface area contributed by atoms with Crippen LogP contribution in [0.1, 0.15) is 6.92 Å². The van der Waals surface area contributed by atoms with Crippen LogP contribution in [0.3, 0.4) is 0 Å². The minimum Gasteiger partial charge on any atom is -0.504 e. The molecule has 0 saturated carbocycles. The van der Waals surface area contributed by atoms with E-state index < -0.39 is 10.0 Å². The zero-order chi connectivity index (χ0) is 12.3. The van der Waals surface area contributed by atoms with Crippen LogP contribution in [0.4, 0.5) is 11.4 Å². The van der Waals surface area contributed by atoms with Gasteiger partial charge < -0.3 is 10.4 Å². The maximum atomic E-state index is 11.0. The number of carbonyl (C=O) groups excluding carboxylic acids is 1. The molecule has 0 spiro atoms. The molecule has 0 atom stereocenters. The van der Waals surface area contributed by atoms with E-state index in [1.54, 1.807) is 0 Å². The molecule has 16 heavy (non-hydrogen) atoms. The Labute approximate surface area is 93.3 Å². The number of anilines is 2. The van der Waals surface area contributed by atoms with Crippen molar-refractivity contribution in [2.75, 3.05) is 16.3 Å². The summed E-state index contributed by atoms with van der Waals surface area (Å²) in [7, 11) is -3.47. The van der Waals surface area contributed by atoms with E-state index in [-0.39, 0.29) is 23.0 Å². The summed E-state index contributed by atoms with van der Waals surface area (Å²) < 4.78 is 24.1. The van der Waals surface area contributed by atoms with Crippen LogP contribution in [0.25, 0.3) is 0 Å². The number of para-hydroxylation sites is 1. The first-order chi connectivity index (χ1) is 7.29. The van der Waals surface area contributed by atoms with E-state index >= 15 is 0 Å². The van der Waals surface area contributed by atoms with Crippen molar-refractivity contribution in [1.82, 2.24) is 0 Å². The first-order valence-corrected chi connectivity index (χ1v) is 6.26. The molecule has 3 N–H and O–H groups in total. The molecular weight excluding hydrogens is 232 g/mol. The second-order valence-corrected chi connectivity index (χ2v) is 5.01. The summed E-state index contributed by atoms with van der Waals surface area (Å²) in [5.41, 5.74) is 0.176. The van der Waals surface area contributed by atoms with E-state index in [1.807, 2.05) is 0 Å². The van der Waals surface area contributed by atoms with Crippen LogP contribution in [-0.2, 0) is 14.8 Å². The summed E-state index contributed by atoms with van der Waals surface area (Å²) in [6.07, 6.45) is 0.970. The van der Waals surface area contributed by atoms with E-state index in [4.69, 9.17) is 0 Å². The third-order valence-corrected chi connectivity index (χ3v) is 2.23. The Balaban J connectivity index is 3.09. The van der Waals surface area contributed by atoms with Gasteiger partial charge in [-0.2, -0.15) is 0 Å². The standard InChI is InChI=1S/C9H12N2O4S/c1-6(12)10-7-4-3-5-8(9(7)13)11-16(2,14)15/h3-5,11,13H,1-2H3,(H,10,12). The summed E-state index contributed by atoms with van der Waals surface area (Å²) in [6, 6.07) is 4.37. The van der Waals surface area contributed by atoms with Crippen molar-refractivity contribution in [3.05, 3.63) is 18.2 Å². The molecule has 1 aromatic carbocycles. The molecule has 0 aromatic heterocycles. The van der Waals surface area contributed by atoms with Gasteiger partial charge in [0.2, 0.25) is 15.9 Å². The number of hydrogen-bond acceptors (Lipinski definition) is 4. The summed E-state index contributed by atoms with van der Waals surface area (Å²) in [5.74, 6) is -0.671. The molecule has 0 unspecified atom stereocenters. The van der Waals surface area contributed by atoms with Crippen molar-refractivity contribution < 1.29 is 18.3 Å². The van der Waals surface area contributed by atoms with Gasteiger partial charge in [0.1, 0.15) is 0 Å². The quantitative estimate of drug-likeness (QED) is 0.683. The van der Waals surface area contributed by atoms with Crippen LogP contribution in [0.2, 0.25) is 0 Å². The van der Waals surface area contributed by atoms with Gasteiger partial charge in [-0.15, -0.1) is 0 Å². The van der Waals surface area contributed by atoms with Crippen molar-refractivity contribution in [1.29, 1.82) is 0 Å². The zero-order valence-corrected chi connectivity index (χ0v) is 9.63. The molecule has 0 aliphatic carbocycles. The van der Waals surface area contributed by atoms with Gasteiger partial charge in [0.05, 0.1) is 17.6 Å². The van der Waals surface area contributed by atoms with Crippen LogP contribution in [0.15, 0.2) is 18.2 Å². The highest BCUT2D eigenvalue weighted by Crippen LogP contribution is 2.32. The predicted octanol–water partition coefficient (Wildman–Crippen LogP) is 0.722. The molecule has 1 aromatic rings. The Morgan fingerprint density at radius 2 is 1.88 bits per heavy atom. The lowest BCUT2D eigenvalue weighted by molar-refractivity contribution is -0.114. The van der Waals surface area contributed by atoms with Crippen LogP contribution >= 0.6 is 0 Å². The van der Waals surface area contributed by atoms with Crippen molar-refractivity contribution in [2.24, 2.45) is 0 Å². The number of aromatic hydroxyl groups is 1. The Hall–Kier alpha value is -1.76. The predicted molar refractivity (Wildman–Crippen MR) is 60.9 cm³/mol. The van der Waals surface area contributed by atoms with Crippen LogP contribution < -0.4 is 10.0 Å². The van der Waals surface area contributed by atoms with Crippen molar-refractivity contribution >= 4 is 27.3 Å². The fourth-order valence-corrected chi connectivity index (χ4v) is 1.68. The Morgan fingerprint density at radius 1 is 1.31 bits per heavy atom. The molecule has 0 saturated heterocycles. The second kappa shape index (κ2) is 4.40. The second-order valence-electron chi connectivity index (χ2n) is 3.26. The van der Waals surface area contributed by atoms with Gasteiger partial charge in [-0.3, -0.25) is 9.52 Å². The number of nitrogens with one attached hydrogen (secondary N) is 2. The van der Waals surface area contributed by atoms with Crippen LogP contribution in [0, 0.1) is 0 Å². The minimum atomic E-state index is -3.47. The van der Waals surface area contributed by atoms with Crippen molar-refractivity contribution in [3.63, 3.8) is 0 Å². The number of rotatable bonds is 3. The molecule has 1 rings (SSSR count). The number of sulfonamides is 1. The van der Waals surface area contributed by atoms with E-state index in [1.165, 1.54) is 25.1 Å². The number of benzene rings is 1. The molecule has 88 valence electrons. The van der Waals surface area contributed by atoms with Gasteiger partial charge in [-0.1, -0.05) is 6.07 Å². The highest BCUT2D eigenvalue weighted by atomic mass is 32.2. The molecule has 0 fully saturated rings. The molecule has 0 heterocycles. The maximum absolute atomic E-state index is 11.0. The summed E-state index contributed by atoms with van der Waals surface area (Å²) in [5, 5.41) is 12.0. The largest absolute Gasteiger partial charge is 0.504 e. The maximum Gasteiger partial charge on any atom is 0.229 e. The molecule has 1 amide bonds. The molecule has 6 nitrogen and oxygen atoms in total. The fraction of sp³-hybridized carbons (Fsp3) is 0.222. The highest BCUT2D eigenvalue weighted by molar-refractivity contribution is 7.92. The Bertz CT molecular complexity index is 510. The number of amides is 1. The third kappa shape index (κ3) is 3.43. The van der Waals surface area contributed by atoms with E-state index in [0.29, 0.717) is 0 Å². The van der Waals surface area contributed by atoms with Gasteiger partial charge >= 0.3 is 0 Å². The number of hydrogen-bond donors (Lipinski definition) is 3. The van der Waals surface area contributed by atoms with Gasteiger partial charge in [-0.05, 0) is 12.1 Å². The molecular formula is C9H12N2O4S. The first-order valence-electron chi connectivity index (χ1n) is 4.37. The number of carbonyl (C=O) groups is 1. The minimum absolute atomic E-state index is 0.0220. The van der Waals surface area contributed by atoms with E-state index in [0.717, 1.165) is 6.26 Å². The number of phenolic OH excluding ortho intramolecular Hbond substituents is 1. The SMILES string of the molecule is CC(=O)Nc1cccc(NS(C)(=O)=O)c1O. The van der Waals surface area contributed by atoms with Crippen molar-refractivity contribution in [2.45, 2.75) is 6.92 Å². The summed E-state index contributed by atoms with van der Waals surface area (Å²) >= 11 is 0. The average molecular weight is 244 g/mol. The first kappa shape index (κ1) is 12.3. The highest BCUT2D eigenvalue weighted by Gasteiger charge is 2.10. The fourth-order valence-electron chi connectivity index (χ4n) is 1.12. The summed E-state index contributed by atoms with van der Waals surface area (Å²) in [6.45, 7) is 1.29. The van der Waals surface area contributed by atoms with Gasteiger partial charge in [0.25, 0.3) is 0 Å². The smallest absolute Gasteiger partial charge is 0.229 e. The van der Waals surface area contributed by atoms with E-state index in [2.05, 4.69) is 10.0 Å². The lowest BCUT2D eigenvalue weighted by atomic mass is 10.2. The molecule has 0 aliphatic heterocycles. The molecule has 0 radical (unpaired) electrons. The third-order valence-electron chi connectivity index (χ3n) is 1.64.